The van der Waals surface area contributed by atoms with Crippen LogP contribution in [0.4, 0.5) is 5.69 Å². The van der Waals surface area contributed by atoms with E-state index in [1.54, 1.807) is 12.1 Å². The number of anilines is 1. The predicted octanol–water partition coefficient (Wildman–Crippen LogP) is 2.59. The van der Waals surface area contributed by atoms with E-state index in [1.165, 1.54) is 6.07 Å². The van der Waals surface area contributed by atoms with Crippen LogP contribution >= 0.6 is 0 Å². The zero-order valence-corrected chi connectivity index (χ0v) is 14.4. The summed E-state index contributed by atoms with van der Waals surface area (Å²) < 4.78 is 29.0. The molecule has 0 aliphatic carbocycles. The van der Waals surface area contributed by atoms with Gasteiger partial charge in [0.2, 0.25) is 5.91 Å². The molecule has 1 N–H and O–H groups in total. The van der Waals surface area contributed by atoms with E-state index in [9.17, 15) is 13.2 Å². The molecule has 0 radical (unpaired) electrons. The van der Waals surface area contributed by atoms with E-state index in [4.69, 9.17) is 4.74 Å². The van der Waals surface area contributed by atoms with Gasteiger partial charge in [-0.15, -0.1) is 0 Å². The number of nitrogens with one attached hydrogen (secondary N) is 1. The number of ether oxygens (including phenoxy) is 1. The maximum Gasteiger partial charge on any atom is 0.231 e. The molecule has 126 valence electrons. The van der Waals surface area contributed by atoms with Crippen LogP contribution in [0.2, 0.25) is 0 Å². The van der Waals surface area contributed by atoms with Crippen LogP contribution in [0.5, 0.6) is 5.75 Å². The Morgan fingerprint density at radius 3 is 2.71 bits per heavy atom. The summed E-state index contributed by atoms with van der Waals surface area (Å²) in [6.07, 6.45) is 1.75. The van der Waals surface area contributed by atoms with Crippen molar-refractivity contribution in [3.63, 3.8) is 0 Å². The number of para-hydroxylation sites is 1. The lowest BCUT2D eigenvalue weighted by atomic mass is 9.96. The average molecular weight is 345 g/mol. The second kappa shape index (κ2) is 6.28. The Kier molecular flexibility index (Phi) is 4.32. The van der Waals surface area contributed by atoms with Gasteiger partial charge in [0.05, 0.1) is 10.8 Å². The fourth-order valence-electron chi connectivity index (χ4n) is 2.70. The lowest BCUT2D eigenvalue weighted by Crippen LogP contribution is -2.32. The quantitative estimate of drug-likeness (QED) is 0.928. The van der Waals surface area contributed by atoms with Crippen molar-refractivity contribution >= 4 is 21.4 Å². The Bertz CT molecular complexity index is 890. The van der Waals surface area contributed by atoms with Crippen molar-refractivity contribution in [2.75, 3.05) is 18.2 Å². The van der Waals surface area contributed by atoms with Gasteiger partial charge in [-0.1, -0.05) is 24.3 Å². The Balaban J connectivity index is 1.79. The maximum atomic E-state index is 12.5. The third kappa shape index (κ3) is 3.43. The van der Waals surface area contributed by atoms with E-state index >= 15 is 0 Å². The molecule has 0 saturated heterocycles. The van der Waals surface area contributed by atoms with Crippen LogP contribution < -0.4 is 10.1 Å². The molecule has 1 aliphatic rings. The summed E-state index contributed by atoms with van der Waals surface area (Å²) in [7, 11) is -3.32. The number of aryl methyl sites for hydroxylation is 1. The zero-order valence-electron chi connectivity index (χ0n) is 13.6. The monoisotopic (exact) mass is 345 g/mol. The highest BCUT2D eigenvalue weighted by atomic mass is 32.2. The summed E-state index contributed by atoms with van der Waals surface area (Å²) in [4.78, 5) is 12.7. The van der Waals surface area contributed by atoms with Crippen LogP contribution in [0.1, 0.15) is 11.1 Å². The number of benzene rings is 2. The molecule has 6 heteroatoms. The second-order valence-corrected chi connectivity index (χ2v) is 8.07. The van der Waals surface area contributed by atoms with E-state index in [1.807, 2.05) is 31.2 Å². The van der Waals surface area contributed by atoms with Gasteiger partial charge in [-0.05, 0) is 42.7 Å². The van der Waals surface area contributed by atoms with Crippen molar-refractivity contribution in [3.8, 4) is 5.75 Å². The molecule has 1 aliphatic heterocycles. The molecule has 1 unspecified atom stereocenters. The zero-order chi connectivity index (χ0) is 17.3. The lowest BCUT2D eigenvalue weighted by Gasteiger charge is -2.24. The highest BCUT2D eigenvalue weighted by Gasteiger charge is 2.26. The van der Waals surface area contributed by atoms with Crippen molar-refractivity contribution in [2.24, 2.45) is 5.92 Å². The first-order chi connectivity index (χ1) is 11.3. The topological polar surface area (TPSA) is 72.5 Å². The normalized spacial score (nSPS) is 16.8. The molecular weight excluding hydrogens is 326 g/mol. The smallest absolute Gasteiger partial charge is 0.231 e. The molecule has 0 fully saturated rings. The van der Waals surface area contributed by atoms with Crippen molar-refractivity contribution < 1.29 is 17.9 Å². The van der Waals surface area contributed by atoms with Gasteiger partial charge >= 0.3 is 0 Å². The van der Waals surface area contributed by atoms with E-state index in [-0.39, 0.29) is 16.7 Å². The number of fused-ring (bicyclic) bond motifs is 1. The third-order valence-corrected chi connectivity index (χ3v) is 5.26. The first-order valence-electron chi connectivity index (χ1n) is 7.67. The summed E-state index contributed by atoms with van der Waals surface area (Å²) in [5, 5.41) is 2.84. The summed E-state index contributed by atoms with van der Waals surface area (Å²) >= 11 is 0. The number of amides is 1. The summed E-state index contributed by atoms with van der Waals surface area (Å²) in [5.41, 5.74) is 2.33. The molecule has 5 nitrogen and oxygen atoms in total. The van der Waals surface area contributed by atoms with Crippen LogP contribution in [-0.2, 0) is 21.1 Å². The van der Waals surface area contributed by atoms with Crippen LogP contribution in [0.25, 0.3) is 0 Å². The van der Waals surface area contributed by atoms with Crippen LogP contribution in [0.3, 0.4) is 0 Å². The van der Waals surface area contributed by atoms with Crippen LogP contribution in [0, 0.1) is 12.8 Å². The highest BCUT2D eigenvalue weighted by molar-refractivity contribution is 7.90. The van der Waals surface area contributed by atoms with Crippen molar-refractivity contribution in [3.05, 3.63) is 53.6 Å². The summed E-state index contributed by atoms with van der Waals surface area (Å²) in [5.74, 6) is 0.344. The fourth-order valence-corrected chi connectivity index (χ4v) is 3.34. The molecule has 0 bridgehead atoms. The SMILES string of the molecule is Cc1ccc(S(C)(=O)=O)cc1NC(=O)C1COc2ccccc2C1. The molecule has 1 heterocycles. The van der Waals surface area contributed by atoms with E-state index in [0.717, 1.165) is 23.1 Å². The molecule has 0 saturated carbocycles. The fraction of sp³-hybridized carbons (Fsp3) is 0.278. The van der Waals surface area contributed by atoms with Gasteiger partial charge in [0.15, 0.2) is 9.84 Å². The Hall–Kier alpha value is -2.34. The van der Waals surface area contributed by atoms with Crippen LogP contribution in [0.15, 0.2) is 47.4 Å². The standard InChI is InChI=1S/C18H19NO4S/c1-12-7-8-15(24(2,21)22)10-16(12)19-18(20)14-9-13-5-3-4-6-17(13)23-11-14/h3-8,10,14H,9,11H2,1-2H3,(H,19,20). The van der Waals surface area contributed by atoms with Crippen molar-refractivity contribution in [1.29, 1.82) is 0 Å². The van der Waals surface area contributed by atoms with Gasteiger partial charge in [-0.25, -0.2) is 8.42 Å². The van der Waals surface area contributed by atoms with Gasteiger partial charge in [-0.2, -0.15) is 0 Å². The first kappa shape index (κ1) is 16.5. The molecule has 2 aromatic carbocycles. The van der Waals surface area contributed by atoms with E-state index < -0.39 is 9.84 Å². The number of rotatable bonds is 3. The van der Waals surface area contributed by atoms with E-state index in [0.29, 0.717) is 18.7 Å². The lowest BCUT2D eigenvalue weighted by molar-refractivity contribution is -0.121. The van der Waals surface area contributed by atoms with Gasteiger partial charge in [0, 0.05) is 11.9 Å². The number of carbonyl (C=O) groups excluding carboxylic acids is 1. The summed E-state index contributed by atoms with van der Waals surface area (Å²) in [6, 6.07) is 12.4. The maximum absolute atomic E-state index is 12.5. The Morgan fingerprint density at radius 1 is 1.21 bits per heavy atom. The molecule has 2 aromatic rings. The van der Waals surface area contributed by atoms with Gasteiger partial charge in [0.25, 0.3) is 0 Å². The number of carbonyl (C=O) groups is 1. The van der Waals surface area contributed by atoms with Crippen LogP contribution in [-0.4, -0.2) is 27.2 Å². The number of sulfone groups is 1. The van der Waals surface area contributed by atoms with E-state index in [2.05, 4.69) is 5.32 Å². The first-order valence-corrected chi connectivity index (χ1v) is 9.56. The molecule has 0 spiro atoms. The molecule has 0 aromatic heterocycles. The minimum atomic E-state index is -3.32. The van der Waals surface area contributed by atoms with Crippen molar-refractivity contribution in [1.82, 2.24) is 0 Å². The molecule has 3 rings (SSSR count). The molecule has 24 heavy (non-hydrogen) atoms. The minimum absolute atomic E-state index is 0.168. The predicted molar refractivity (Wildman–Crippen MR) is 92.0 cm³/mol. The molecule has 1 amide bonds. The second-order valence-electron chi connectivity index (χ2n) is 6.06. The largest absolute Gasteiger partial charge is 0.492 e. The average Bonchev–Trinajstić information content (AvgIpc) is 2.55. The number of hydrogen-bond donors (Lipinski definition) is 1. The Morgan fingerprint density at radius 2 is 1.96 bits per heavy atom. The van der Waals surface area contributed by atoms with Crippen molar-refractivity contribution in [2.45, 2.75) is 18.2 Å². The third-order valence-electron chi connectivity index (χ3n) is 4.14. The van der Waals surface area contributed by atoms with Gasteiger partial charge < -0.3 is 10.1 Å². The Labute approximate surface area is 141 Å². The number of hydrogen-bond acceptors (Lipinski definition) is 4. The highest BCUT2D eigenvalue weighted by Crippen LogP contribution is 2.28. The van der Waals surface area contributed by atoms with Gasteiger partial charge in [-0.3, -0.25) is 4.79 Å². The molecule has 1 atom stereocenters. The molecular formula is C18H19NO4S. The van der Waals surface area contributed by atoms with Gasteiger partial charge in [0.1, 0.15) is 12.4 Å². The summed E-state index contributed by atoms with van der Waals surface area (Å²) in [6.45, 7) is 2.14. The minimum Gasteiger partial charge on any atom is -0.492 e.